The monoisotopic (exact) mass is 488 g/mol. The molecule has 0 radical (unpaired) electrons. The minimum absolute atomic E-state index is 0.109. The van der Waals surface area contributed by atoms with E-state index in [1.54, 1.807) is 12.1 Å². The van der Waals surface area contributed by atoms with E-state index < -0.39 is 22.0 Å². The number of nitrogens with one attached hydrogen (secondary N) is 2. The molecule has 0 aliphatic carbocycles. The highest BCUT2D eigenvalue weighted by Gasteiger charge is 2.27. The Bertz CT molecular complexity index is 1410. The second-order valence-electron chi connectivity index (χ2n) is 8.15. The maximum absolute atomic E-state index is 13.1. The number of nitrogens with zero attached hydrogens (tertiary/aromatic N) is 2. The Kier molecular flexibility index (Phi) is 6.30. The van der Waals surface area contributed by atoms with Gasteiger partial charge >= 0.3 is 0 Å². The van der Waals surface area contributed by atoms with Crippen LogP contribution in [0.5, 0.6) is 0 Å². The Labute approximate surface area is 195 Å². The number of anilines is 1. The molecule has 1 amide bonds. The second kappa shape index (κ2) is 8.86. The Hall–Kier alpha value is -2.40. The predicted molar refractivity (Wildman–Crippen MR) is 131 cm³/mol. The van der Waals surface area contributed by atoms with Gasteiger partial charge in [0, 0.05) is 0 Å². The first-order valence-corrected chi connectivity index (χ1v) is 13.3. The average Bonchev–Trinajstić information content (AvgIpc) is 3.27. The van der Waals surface area contributed by atoms with Gasteiger partial charge in [0.1, 0.15) is 6.04 Å². The molecule has 7 nitrogen and oxygen atoms in total. The fourth-order valence-electron chi connectivity index (χ4n) is 3.40. The molecule has 1 unspecified atom stereocenters. The Morgan fingerprint density at radius 2 is 1.69 bits per heavy atom. The number of sulfonamides is 1. The number of aromatic nitrogens is 2. The largest absolute Gasteiger partial charge is 0.301 e. The molecule has 2 aromatic heterocycles. The summed E-state index contributed by atoms with van der Waals surface area (Å²) < 4.78 is 30.5. The minimum Gasteiger partial charge on any atom is -0.301 e. The van der Waals surface area contributed by atoms with Gasteiger partial charge in [0.05, 0.1) is 30.3 Å². The quantitative estimate of drug-likeness (QED) is 0.387. The van der Waals surface area contributed by atoms with Gasteiger partial charge in [0.25, 0.3) is 0 Å². The van der Waals surface area contributed by atoms with Gasteiger partial charge in [0.15, 0.2) is 5.13 Å². The van der Waals surface area contributed by atoms with Gasteiger partial charge in [-0.25, -0.2) is 18.4 Å². The fourth-order valence-corrected chi connectivity index (χ4v) is 6.54. The molecule has 0 spiro atoms. The maximum atomic E-state index is 13.1. The summed E-state index contributed by atoms with van der Waals surface area (Å²) in [6.07, 6.45) is 0.358. The zero-order valence-electron chi connectivity index (χ0n) is 18.2. The minimum atomic E-state index is -3.90. The van der Waals surface area contributed by atoms with Gasteiger partial charge in [-0.2, -0.15) is 4.72 Å². The number of carbonyl (C=O) groups is 1. The molecular weight excluding hydrogens is 464 g/mol. The van der Waals surface area contributed by atoms with Crippen molar-refractivity contribution in [2.24, 2.45) is 5.92 Å². The number of amides is 1. The normalized spacial score (nSPS) is 13.2. The van der Waals surface area contributed by atoms with Crippen LogP contribution in [0.3, 0.4) is 0 Å². The van der Waals surface area contributed by atoms with Crippen LogP contribution in [0.25, 0.3) is 20.4 Å². The van der Waals surface area contributed by atoms with Gasteiger partial charge in [-0.05, 0) is 62.1 Å². The molecule has 2 aromatic carbocycles. The molecule has 2 N–H and O–H groups in total. The van der Waals surface area contributed by atoms with E-state index >= 15 is 0 Å². The Morgan fingerprint density at radius 1 is 1.00 bits per heavy atom. The van der Waals surface area contributed by atoms with Crippen molar-refractivity contribution in [2.45, 2.75) is 45.1 Å². The highest BCUT2D eigenvalue weighted by atomic mass is 32.2. The van der Waals surface area contributed by atoms with Crippen LogP contribution in [0.2, 0.25) is 0 Å². The third-order valence-electron chi connectivity index (χ3n) is 4.87. The predicted octanol–water partition coefficient (Wildman–Crippen LogP) is 4.85. The first-order chi connectivity index (χ1) is 15.1. The summed E-state index contributed by atoms with van der Waals surface area (Å²) in [5, 5.41) is 4.11. The number of aryl methyl sites for hydroxylation is 2. The molecule has 0 aliphatic rings. The Balaban J connectivity index is 1.57. The van der Waals surface area contributed by atoms with Gasteiger partial charge < -0.3 is 5.32 Å². The molecule has 0 saturated carbocycles. The summed E-state index contributed by atoms with van der Waals surface area (Å²) in [7, 11) is -3.90. The molecule has 0 aliphatic heterocycles. The number of fused-ring (bicyclic) bond motifs is 2. The molecule has 0 bridgehead atoms. The topological polar surface area (TPSA) is 101 Å². The molecule has 1 atom stereocenters. The van der Waals surface area contributed by atoms with Crippen molar-refractivity contribution in [2.75, 3.05) is 5.32 Å². The molecule has 0 fully saturated rings. The van der Waals surface area contributed by atoms with Gasteiger partial charge in [-0.3, -0.25) is 4.79 Å². The van der Waals surface area contributed by atoms with Crippen LogP contribution >= 0.6 is 22.7 Å². The van der Waals surface area contributed by atoms with Gasteiger partial charge in [0.2, 0.25) is 15.9 Å². The number of thiazole rings is 2. The number of hydrogen-bond acceptors (Lipinski definition) is 7. The van der Waals surface area contributed by atoms with E-state index in [-0.39, 0.29) is 10.8 Å². The first kappa shape index (κ1) is 22.8. The van der Waals surface area contributed by atoms with Crippen molar-refractivity contribution in [3.8, 4) is 0 Å². The van der Waals surface area contributed by atoms with Crippen LogP contribution in [0.1, 0.15) is 30.8 Å². The summed E-state index contributed by atoms with van der Waals surface area (Å²) in [6.45, 7) is 7.77. The van der Waals surface area contributed by atoms with Crippen LogP contribution in [0.4, 0.5) is 5.13 Å². The van der Waals surface area contributed by atoms with E-state index in [1.807, 2.05) is 45.9 Å². The molecule has 4 rings (SSSR count). The molecule has 10 heteroatoms. The summed E-state index contributed by atoms with van der Waals surface area (Å²) in [5.74, 6) is -0.314. The molecule has 4 aromatic rings. The summed E-state index contributed by atoms with van der Waals surface area (Å²) in [4.78, 5) is 22.0. The van der Waals surface area contributed by atoms with Gasteiger partial charge in [-0.1, -0.05) is 31.3 Å². The SMILES string of the molecule is Cc1ccc2nc(NC(=O)C(CC(C)C)NS(=O)(=O)c3ccc4nc(C)sc4c3)sc2c1. The summed E-state index contributed by atoms with van der Waals surface area (Å²) >= 11 is 2.80. The summed E-state index contributed by atoms with van der Waals surface area (Å²) in [5.41, 5.74) is 2.66. The maximum Gasteiger partial charge on any atom is 0.244 e. The zero-order valence-corrected chi connectivity index (χ0v) is 20.6. The standard InChI is InChI=1S/C22H24N4O3S3/c1-12(2)9-18(21(27)25-22-24-17-7-5-13(3)10-19(17)31-22)26-32(28,29)15-6-8-16-20(11-15)30-14(4)23-16/h5-8,10-12,18,26H,9H2,1-4H3,(H,24,25,27). The molecule has 32 heavy (non-hydrogen) atoms. The highest BCUT2D eigenvalue weighted by Crippen LogP contribution is 2.28. The van der Waals surface area contributed by atoms with E-state index in [2.05, 4.69) is 20.0 Å². The number of carbonyl (C=O) groups excluding carboxylic acids is 1. The van der Waals surface area contributed by atoms with Crippen molar-refractivity contribution in [1.82, 2.24) is 14.7 Å². The van der Waals surface area contributed by atoms with Crippen molar-refractivity contribution in [3.05, 3.63) is 47.0 Å². The third kappa shape index (κ3) is 4.98. The lowest BCUT2D eigenvalue weighted by Crippen LogP contribution is -2.44. The van der Waals surface area contributed by atoms with E-state index in [1.165, 1.54) is 28.7 Å². The van der Waals surface area contributed by atoms with Crippen molar-refractivity contribution >= 4 is 64.2 Å². The Morgan fingerprint density at radius 3 is 2.44 bits per heavy atom. The number of benzene rings is 2. The fraction of sp³-hybridized carbons (Fsp3) is 0.318. The van der Waals surface area contributed by atoms with E-state index in [9.17, 15) is 13.2 Å². The number of hydrogen-bond donors (Lipinski definition) is 2. The first-order valence-electron chi connectivity index (χ1n) is 10.2. The van der Waals surface area contributed by atoms with Crippen LogP contribution < -0.4 is 10.0 Å². The van der Waals surface area contributed by atoms with E-state index in [0.717, 1.165) is 31.0 Å². The second-order valence-corrected chi connectivity index (χ2v) is 12.1. The zero-order chi connectivity index (χ0) is 23.0. The van der Waals surface area contributed by atoms with Crippen molar-refractivity contribution < 1.29 is 13.2 Å². The van der Waals surface area contributed by atoms with Crippen LogP contribution in [0, 0.1) is 19.8 Å². The lowest BCUT2D eigenvalue weighted by molar-refractivity contribution is -0.118. The van der Waals surface area contributed by atoms with Crippen LogP contribution in [0.15, 0.2) is 41.3 Å². The van der Waals surface area contributed by atoms with Crippen molar-refractivity contribution in [3.63, 3.8) is 0 Å². The average molecular weight is 489 g/mol. The van der Waals surface area contributed by atoms with E-state index in [0.29, 0.717) is 11.6 Å². The molecular formula is C22H24N4O3S3. The lowest BCUT2D eigenvalue weighted by Gasteiger charge is -2.19. The third-order valence-corrected chi connectivity index (χ3v) is 8.21. The van der Waals surface area contributed by atoms with Crippen molar-refractivity contribution in [1.29, 1.82) is 0 Å². The van der Waals surface area contributed by atoms with Gasteiger partial charge in [-0.15, -0.1) is 11.3 Å². The smallest absolute Gasteiger partial charge is 0.244 e. The highest BCUT2D eigenvalue weighted by molar-refractivity contribution is 7.89. The lowest BCUT2D eigenvalue weighted by atomic mass is 10.0. The van der Waals surface area contributed by atoms with Crippen LogP contribution in [-0.4, -0.2) is 30.3 Å². The summed E-state index contributed by atoms with van der Waals surface area (Å²) in [6, 6.07) is 9.76. The molecule has 2 heterocycles. The molecule has 0 saturated heterocycles. The molecule has 168 valence electrons. The van der Waals surface area contributed by atoms with E-state index in [4.69, 9.17) is 0 Å². The van der Waals surface area contributed by atoms with Crippen LogP contribution in [-0.2, 0) is 14.8 Å². The number of rotatable bonds is 7.